The van der Waals surface area contributed by atoms with E-state index < -0.39 is 51.1 Å². The molecule has 5 rings (SSSR count). The van der Waals surface area contributed by atoms with E-state index in [-0.39, 0.29) is 28.6 Å². The van der Waals surface area contributed by atoms with Crippen LogP contribution in [0, 0.1) is 51.4 Å². The standard InChI is InChI=1S/C32H41F3N2O3/c1-26(2)11-13-31(37-25(40)32(33,34)35)14-12-30(7)23(18(31)16-26)20(38)15-22-28(5)17-19(36-8)24(39)27(3,4)21(28)9-10-29(22,30)6/h15,17-18,21,23H,9-14,16H2,1-7H3,(H,37,40)/t18-,21-,23-,28-,29+,30+,31-/m0/s1. The molecule has 0 saturated heterocycles. The number of nitrogens with zero attached hydrogens (tertiary/aromatic N) is 1. The van der Waals surface area contributed by atoms with Gasteiger partial charge in [0.1, 0.15) is 0 Å². The Kier molecular flexibility index (Phi) is 6.05. The highest BCUT2D eigenvalue weighted by molar-refractivity contribution is 6.03. The van der Waals surface area contributed by atoms with Gasteiger partial charge in [0.25, 0.3) is 0 Å². The zero-order valence-corrected chi connectivity index (χ0v) is 24.6. The van der Waals surface area contributed by atoms with Crippen molar-refractivity contribution in [2.24, 2.45) is 44.8 Å². The molecule has 3 saturated carbocycles. The lowest BCUT2D eigenvalue weighted by molar-refractivity contribution is -0.185. The predicted molar refractivity (Wildman–Crippen MR) is 144 cm³/mol. The SMILES string of the molecule is [C-]#[N+]C1=C[C@]2(C)C3=CC(=O)[C@@H]4[C@@H]5CC(C)(C)CC[C@]5(NC(=O)C(F)(F)F)CC[C@@]4(C)[C@]3(C)CC[C@H]2C(C)(C)C1=O. The van der Waals surface area contributed by atoms with E-state index in [4.69, 9.17) is 6.57 Å². The maximum atomic E-state index is 14.4. The fourth-order valence-electron chi connectivity index (χ4n) is 10.1. The van der Waals surface area contributed by atoms with Crippen LogP contribution in [0.1, 0.15) is 93.4 Å². The van der Waals surface area contributed by atoms with Gasteiger partial charge in [0.15, 0.2) is 11.6 Å². The summed E-state index contributed by atoms with van der Waals surface area (Å²) in [5.41, 5.74) is -2.64. The quantitative estimate of drug-likeness (QED) is 0.353. The van der Waals surface area contributed by atoms with E-state index >= 15 is 0 Å². The second-order valence-corrected chi connectivity index (χ2v) is 15.3. The van der Waals surface area contributed by atoms with Crippen molar-refractivity contribution >= 4 is 17.5 Å². The number of carbonyl (C=O) groups is 3. The molecule has 5 aliphatic carbocycles. The molecule has 218 valence electrons. The molecule has 3 fully saturated rings. The van der Waals surface area contributed by atoms with E-state index in [0.717, 1.165) is 18.4 Å². The summed E-state index contributed by atoms with van der Waals surface area (Å²) in [6.45, 7) is 22.0. The van der Waals surface area contributed by atoms with Crippen LogP contribution in [0.15, 0.2) is 23.4 Å². The van der Waals surface area contributed by atoms with Crippen molar-refractivity contribution in [3.05, 3.63) is 34.8 Å². The molecule has 0 heterocycles. The van der Waals surface area contributed by atoms with Crippen LogP contribution in [0.4, 0.5) is 13.2 Å². The topological polar surface area (TPSA) is 67.6 Å². The van der Waals surface area contributed by atoms with Gasteiger partial charge in [0.2, 0.25) is 5.70 Å². The number of allylic oxidation sites excluding steroid dienone is 4. The van der Waals surface area contributed by atoms with Crippen LogP contribution in [-0.2, 0) is 14.4 Å². The largest absolute Gasteiger partial charge is 0.471 e. The Labute approximate surface area is 235 Å². The average molecular weight is 559 g/mol. The van der Waals surface area contributed by atoms with Gasteiger partial charge in [-0.2, -0.15) is 13.2 Å². The van der Waals surface area contributed by atoms with Gasteiger partial charge in [0.05, 0.1) is 6.57 Å². The fraction of sp³-hybridized carbons (Fsp3) is 0.750. The van der Waals surface area contributed by atoms with Gasteiger partial charge in [-0.25, -0.2) is 4.85 Å². The third-order valence-corrected chi connectivity index (χ3v) is 12.5. The van der Waals surface area contributed by atoms with Crippen molar-refractivity contribution in [3.63, 3.8) is 0 Å². The highest BCUT2D eigenvalue weighted by Gasteiger charge is 2.70. The lowest BCUT2D eigenvalue weighted by Gasteiger charge is -2.69. The van der Waals surface area contributed by atoms with Crippen molar-refractivity contribution < 1.29 is 27.6 Å². The molecule has 0 aliphatic heterocycles. The summed E-state index contributed by atoms with van der Waals surface area (Å²) < 4.78 is 40.5. The highest BCUT2D eigenvalue weighted by Crippen LogP contribution is 2.73. The molecule has 0 radical (unpaired) electrons. The van der Waals surface area contributed by atoms with Crippen molar-refractivity contribution in [3.8, 4) is 0 Å². The first-order valence-electron chi connectivity index (χ1n) is 14.5. The normalized spacial score (nSPS) is 43.6. The number of hydrogen-bond donors (Lipinski definition) is 1. The first-order valence-corrected chi connectivity index (χ1v) is 14.5. The van der Waals surface area contributed by atoms with Crippen LogP contribution in [0.25, 0.3) is 4.85 Å². The summed E-state index contributed by atoms with van der Waals surface area (Å²) in [5.74, 6) is -3.22. The second-order valence-electron chi connectivity index (χ2n) is 15.3. The van der Waals surface area contributed by atoms with Crippen molar-refractivity contribution in [2.45, 2.75) is 105 Å². The van der Waals surface area contributed by atoms with E-state index in [9.17, 15) is 27.6 Å². The maximum Gasteiger partial charge on any atom is 0.471 e. The molecule has 0 aromatic heterocycles. The number of ketones is 2. The molecule has 0 bridgehead atoms. The Morgan fingerprint density at radius 3 is 2.23 bits per heavy atom. The minimum atomic E-state index is -4.99. The molecular formula is C32H41F3N2O3. The first kappa shape index (κ1) is 29.1. The number of rotatable bonds is 1. The highest BCUT2D eigenvalue weighted by atomic mass is 19.4. The fourth-order valence-corrected chi connectivity index (χ4v) is 10.1. The zero-order valence-electron chi connectivity index (χ0n) is 24.6. The smallest absolute Gasteiger partial charge is 0.343 e. The number of halogens is 3. The molecule has 1 N–H and O–H groups in total. The van der Waals surface area contributed by atoms with E-state index in [2.05, 4.69) is 44.8 Å². The lowest BCUT2D eigenvalue weighted by atomic mass is 9.35. The number of amides is 1. The molecule has 5 aliphatic rings. The van der Waals surface area contributed by atoms with E-state index in [0.29, 0.717) is 32.1 Å². The minimum absolute atomic E-state index is 0.0763. The van der Waals surface area contributed by atoms with Crippen LogP contribution in [0.2, 0.25) is 0 Å². The number of Topliss-reactive ketones (excluding diaryl/α,β-unsaturated/α-hetero) is 1. The number of nitrogens with one attached hydrogen (secondary N) is 1. The number of carbonyl (C=O) groups excluding carboxylic acids is 3. The average Bonchev–Trinajstić information content (AvgIpc) is 2.83. The van der Waals surface area contributed by atoms with Crippen LogP contribution in [0.3, 0.4) is 0 Å². The summed E-state index contributed by atoms with van der Waals surface area (Å²) in [5, 5.41) is 2.43. The minimum Gasteiger partial charge on any atom is -0.343 e. The van der Waals surface area contributed by atoms with Gasteiger partial charge in [0, 0.05) is 22.3 Å². The predicted octanol–water partition coefficient (Wildman–Crippen LogP) is 6.99. The van der Waals surface area contributed by atoms with Gasteiger partial charge < -0.3 is 10.1 Å². The van der Waals surface area contributed by atoms with Gasteiger partial charge >= 0.3 is 12.1 Å². The Balaban J connectivity index is 1.67. The summed E-state index contributed by atoms with van der Waals surface area (Å²) in [7, 11) is 0. The first-order chi connectivity index (χ1) is 18.2. The van der Waals surface area contributed by atoms with Crippen LogP contribution in [0.5, 0.6) is 0 Å². The summed E-state index contributed by atoms with van der Waals surface area (Å²) >= 11 is 0. The van der Waals surface area contributed by atoms with Gasteiger partial charge in [-0.05, 0) is 79.1 Å². The van der Waals surface area contributed by atoms with Crippen molar-refractivity contribution in [1.29, 1.82) is 0 Å². The van der Waals surface area contributed by atoms with Gasteiger partial charge in [-0.15, -0.1) is 0 Å². The molecular weight excluding hydrogens is 517 g/mol. The Hall–Kier alpha value is -2.43. The van der Waals surface area contributed by atoms with E-state index in [1.807, 2.05) is 13.8 Å². The Morgan fingerprint density at radius 1 is 1.00 bits per heavy atom. The maximum absolute atomic E-state index is 14.4. The summed E-state index contributed by atoms with van der Waals surface area (Å²) in [4.78, 5) is 43.4. The molecule has 5 nitrogen and oxygen atoms in total. The summed E-state index contributed by atoms with van der Waals surface area (Å²) in [6.07, 6.45) is 2.54. The van der Waals surface area contributed by atoms with Crippen molar-refractivity contribution in [1.82, 2.24) is 5.32 Å². The molecule has 40 heavy (non-hydrogen) atoms. The third kappa shape index (κ3) is 3.67. The molecule has 8 heteroatoms. The third-order valence-electron chi connectivity index (χ3n) is 12.5. The van der Waals surface area contributed by atoms with Crippen LogP contribution >= 0.6 is 0 Å². The molecule has 0 unspecified atom stereocenters. The van der Waals surface area contributed by atoms with E-state index in [1.165, 1.54) is 0 Å². The lowest BCUT2D eigenvalue weighted by Crippen LogP contribution is -2.70. The summed E-state index contributed by atoms with van der Waals surface area (Å²) in [6, 6.07) is 0. The Morgan fingerprint density at radius 2 is 1.62 bits per heavy atom. The molecule has 0 aromatic carbocycles. The zero-order chi connectivity index (χ0) is 29.9. The van der Waals surface area contributed by atoms with Gasteiger partial charge in [-0.1, -0.05) is 60.1 Å². The number of alkyl halides is 3. The van der Waals surface area contributed by atoms with E-state index in [1.54, 1.807) is 12.2 Å². The molecule has 0 aromatic rings. The number of fused-ring (bicyclic) bond motifs is 7. The molecule has 1 amide bonds. The Bertz CT molecular complexity index is 1300. The van der Waals surface area contributed by atoms with Gasteiger partial charge in [-0.3, -0.25) is 9.59 Å². The van der Waals surface area contributed by atoms with Crippen molar-refractivity contribution in [2.75, 3.05) is 0 Å². The second kappa shape index (κ2) is 8.32. The number of hydrogen-bond acceptors (Lipinski definition) is 3. The monoisotopic (exact) mass is 558 g/mol. The molecule has 0 spiro atoms. The molecule has 7 atom stereocenters. The van der Waals surface area contributed by atoms with Crippen LogP contribution < -0.4 is 5.32 Å². The van der Waals surface area contributed by atoms with Crippen LogP contribution in [-0.4, -0.2) is 29.2 Å².